The van der Waals surface area contributed by atoms with Gasteiger partial charge in [-0.15, -0.1) is 11.3 Å². The van der Waals surface area contributed by atoms with E-state index >= 15 is 0 Å². The van der Waals surface area contributed by atoms with E-state index in [4.69, 9.17) is 4.74 Å². The topological polar surface area (TPSA) is 72.9 Å². The summed E-state index contributed by atoms with van der Waals surface area (Å²) in [5.74, 6) is -0.632. The minimum absolute atomic E-state index is 0.00954. The van der Waals surface area contributed by atoms with E-state index < -0.39 is 16.0 Å². The van der Waals surface area contributed by atoms with Crippen LogP contribution in [0.25, 0.3) is 0 Å². The van der Waals surface area contributed by atoms with Crippen LogP contribution in [-0.4, -0.2) is 51.1 Å². The van der Waals surface area contributed by atoms with Gasteiger partial charge in [-0.2, -0.15) is 4.31 Å². The van der Waals surface area contributed by atoms with Crippen molar-refractivity contribution in [1.29, 1.82) is 0 Å². The predicted molar refractivity (Wildman–Crippen MR) is 74.4 cm³/mol. The van der Waals surface area contributed by atoms with Crippen molar-refractivity contribution < 1.29 is 22.7 Å². The Bertz CT molecular complexity index is 595. The molecule has 2 heterocycles. The summed E-state index contributed by atoms with van der Waals surface area (Å²) in [5, 5.41) is 1.58. The molecule has 0 spiro atoms. The van der Waals surface area contributed by atoms with Crippen LogP contribution in [0.4, 0.5) is 0 Å². The van der Waals surface area contributed by atoms with Gasteiger partial charge in [0.15, 0.2) is 0 Å². The number of methoxy groups -OCH3 is 1. The lowest BCUT2D eigenvalue weighted by atomic mass is 10.2. The van der Waals surface area contributed by atoms with E-state index in [1.165, 1.54) is 17.5 Å². The highest BCUT2D eigenvalue weighted by atomic mass is 32.2. The first-order valence-corrected chi connectivity index (χ1v) is 8.49. The molecule has 1 aliphatic heterocycles. The molecule has 0 bridgehead atoms. The van der Waals surface area contributed by atoms with Crippen molar-refractivity contribution in [3.8, 4) is 0 Å². The van der Waals surface area contributed by atoms with Crippen molar-refractivity contribution in [1.82, 2.24) is 4.31 Å². The summed E-state index contributed by atoms with van der Waals surface area (Å²) in [4.78, 5) is 11.8. The van der Waals surface area contributed by atoms with Crippen molar-refractivity contribution in [2.75, 3.05) is 20.3 Å². The molecule has 8 heteroatoms. The number of hydrogen-bond acceptors (Lipinski definition) is 6. The number of carbonyl (C=O) groups is 1. The zero-order chi connectivity index (χ0) is 14.9. The molecule has 0 amide bonds. The molecule has 1 aromatic heterocycles. The summed E-state index contributed by atoms with van der Waals surface area (Å²) < 4.78 is 36.9. The number of esters is 1. The van der Waals surface area contributed by atoms with E-state index in [1.807, 2.05) is 6.92 Å². The maximum atomic E-state index is 12.7. The number of morpholine rings is 1. The molecule has 2 atom stereocenters. The van der Waals surface area contributed by atoms with Crippen LogP contribution in [0.15, 0.2) is 16.3 Å². The standard InChI is InChI=1S/C12H17NO5S2/c1-8-7-18-9(2)6-13(8)20(15,16)10-4-5-19-11(10)12(14)17-3/h4-5,8-9H,6-7H2,1-3H3. The maximum absolute atomic E-state index is 12.7. The molecular formula is C12H17NO5S2. The lowest BCUT2D eigenvalue weighted by Crippen LogP contribution is -2.50. The van der Waals surface area contributed by atoms with Crippen LogP contribution < -0.4 is 0 Å². The number of hydrogen-bond donors (Lipinski definition) is 0. The number of carbonyl (C=O) groups excluding carboxylic acids is 1. The van der Waals surface area contributed by atoms with E-state index in [-0.39, 0.29) is 28.5 Å². The van der Waals surface area contributed by atoms with Gasteiger partial charge in [0.05, 0.1) is 19.8 Å². The number of rotatable bonds is 3. The van der Waals surface area contributed by atoms with Gasteiger partial charge in [0.2, 0.25) is 10.0 Å². The number of nitrogens with zero attached hydrogens (tertiary/aromatic N) is 1. The zero-order valence-corrected chi connectivity index (χ0v) is 13.2. The summed E-state index contributed by atoms with van der Waals surface area (Å²) >= 11 is 1.06. The predicted octanol–water partition coefficient (Wildman–Crippen LogP) is 1.33. The van der Waals surface area contributed by atoms with Gasteiger partial charge in [-0.25, -0.2) is 13.2 Å². The number of sulfonamides is 1. The van der Waals surface area contributed by atoms with Crippen LogP contribution in [0.1, 0.15) is 23.5 Å². The Morgan fingerprint density at radius 2 is 2.20 bits per heavy atom. The Morgan fingerprint density at radius 1 is 1.50 bits per heavy atom. The molecule has 20 heavy (non-hydrogen) atoms. The van der Waals surface area contributed by atoms with E-state index in [1.54, 1.807) is 12.3 Å². The van der Waals surface area contributed by atoms with Crippen molar-refractivity contribution in [3.63, 3.8) is 0 Å². The van der Waals surface area contributed by atoms with E-state index in [2.05, 4.69) is 4.74 Å². The molecule has 1 aliphatic rings. The molecule has 1 fully saturated rings. The van der Waals surface area contributed by atoms with Gasteiger partial charge in [-0.05, 0) is 25.3 Å². The fourth-order valence-electron chi connectivity index (χ4n) is 2.08. The zero-order valence-electron chi connectivity index (χ0n) is 11.5. The van der Waals surface area contributed by atoms with Crippen LogP contribution in [0.3, 0.4) is 0 Å². The smallest absolute Gasteiger partial charge is 0.349 e. The summed E-state index contributed by atoms with van der Waals surface area (Å²) in [6.45, 7) is 4.23. The molecule has 0 N–H and O–H groups in total. The lowest BCUT2D eigenvalue weighted by Gasteiger charge is -2.35. The van der Waals surface area contributed by atoms with Gasteiger partial charge in [-0.1, -0.05) is 0 Å². The molecule has 1 aromatic rings. The van der Waals surface area contributed by atoms with Gasteiger partial charge in [0.1, 0.15) is 9.77 Å². The summed E-state index contributed by atoms with van der Waals surface area (Å²) in [6.07, 6.45) is -0.166. The summed E-state index contributed by atoms with van der Waals surface area (Å²) in [7, 11) is -2.49. The number of ether oxygens (including phenoxy) is 2. The minimum atomic E-state index is -3.72. The Morgan fingerprint density at radius 3 is 2.85 bits per heavy atom. The molecule has 0 aliphatic carbocycles. The van der Waals surface area contributed by atoms with Crippen LogP contribution in [-0.2, 0) is 19.5 Å². The van der Waals surface area contributed by atoms with Gasteiger partial charge in [0, 0.05) is 12.6 Å². The second-order valence-electron chi connectivity index (χ2n) is 4.67. The highest BCUT2D eigenvalue weighted by Crippen LogP contribution is 2.28. The molecule has 2 rings (SSSR count). The Kier molecular flexibility index (Phi) is 4.48. The van der Waals surface area contributed by atoms with Crippen molar-refractivity contribution in [2.24, 2.45) is 0 Å². The molecule has 0 saturated carbocycles. The largest absolute Gasteiger partial charge is 0.465 e. The van der Waals surface area contributed by atoms with Crippen LogP contribution in [0.5, 0.6) is 0 Å². The monoisotopic (exact) mass is 319 g/mol. The first-order valence-electron chi connectivity index (χ1n) is 6.17. The van der Waals surface area contributed by atoms with Gasteiger partial charge >= 0.3 is 5.97 Å². The molecule has 112 valence electrons. The van der Waals surface area contributed by atoms with Gasteiger partial charge < -0.3 is 9.47 Å². The van der Waals surface area contributed by atoms with Crippen molar-refractivity contribution in [2.45, 2.75) is 30.9 Å². The first-order chi connectivity index (χ1) is 9.37. The van der Waals surface area contributed by atoms with E-state index in [0.717, 1.165) is 11.3 Å². The van der Waals surface area contributed by atoms with E-state index in [9.17, 15) is 13.2 Å². The minimum Gasteiger partial charge on any atom is -0.465 e. The van der Waals surface area contributed by atoms with E-state index in [0.29, 0.717) is 6.61 Å². The summed E-state index contributed by atoms with van der Waals surface area (Å²) in [6, 6.07) is 1.18. The van der Waals surface area contributed by atoms with Crippen LogP contribution in [0, 0.1) is 0 Å². The lowest BCUT2D eigenvalue weighted by molar-refractivity contribution is -0.0170. The van der Waals surface area contributed by atoms with Crippen molar-refractivity contribution in [3.05, 3.63) is 16.3 Å². The number of thiophene rings is 1. The Balaban J connectivity index is 2.40. The first kappa shape index (κ1) is 15.4. The Hall–Kier alpha value is -0.960. The molecule has 0 aromatic carbocycles. The molecule has 1 saturated heterocycles. The average molecular weight is 319 g/mol. The second-order valence-corrected chi connectivity index (χ2v) is 7.45. The Labute approximate surface area is 122 Å². The highest BCUT2D eigenvalue weighted by molar-refractivity contribution is 7.89. The highest BCUT2D eigenvalue weighted by Gasteiger charge is 2.37. The normalized spacial score (nSPS) is 24.6. The molecule has 6 nitrogen and oxygen atoms in total. The second kappa shape index (κ2) is 5.80. The quantitative estimate of drug-likeness (QED) is 0.786. The SMILES string of the molecule is COC(=O)c1sccc1S(=O)(=O)N1CC(C)OCC1C. The summed E-state index contributed by atoms with van der Waals surface area (Å²) in [5.41, 5.74) is 0. The fraction of sp³-hybridized carbons (Fsp3) is 0.583. The third-order valence-electron chi connectivity index (χ3n) is 3.14. The fourth-order valence-corrected chi connectivity index (χ4v) is 5.08. The third kappa shape index (κ3) is 2.73. The van der Waals surface area contributed by atoms with Gasteiger partial charge in [0.25, 0.3) is 0 Å². The van der Waals surface area contributed by atoms with Crippen molar-refractivity contribution >= 4 is 27.3 Å². The molecular weight excluding hydrogens is 302 g/mol. The average Bonchev–Trinajstić information content (AvgIpc) is 2.90. The van der Waals surface area contributed by atoms with Crippen LogP contribution >= 0.6 is 11.3 Å². The molecule has 0 radical (unpaired) electrons. The third-order valence-corrected chi connectivity index (χ3v) is 6.18. The molecule has 2 unspecified atom stereocenters. The maximum Gasteiger partial charge on any atom is 0.349 e. The van der Waals surface area contributed by atoms with Crippen LogP contribution in [0.2, 0.25) is 0 Å². The van der Waals surface area contributed by atoms with Gasteiger partial charge in [-0.3, -0.25) is 0 Å².